The number of carbonyl (C=O) groups is 3. The van der Waals surface area contributed by atoms with Crippen LogP contribution in [0, 0.1) is 16.7 Å². The van der Waals surface area contributed by atoms with Crippen molar-refractivity contribution in [2.75, 3.05) is 5.32 Å². The Bertz CT molecular complexity index is 754. The van der Waals surface area contributed by atoms with Crippen LogP contribution in [0.15, 0.2) is 24.3 Å². The Morgan fingerprint density at radius 3 is 2.28 bits per heavy atom. The SMILES string of the molecule is CC1(C)[C@@H]2CC[C@@]1(C(=O)Nc1ccc(OC(F)(F)F)cc1)C(=O)C2=O. The average molecular weight is 355 g/mol. The van der Waals surface area contributed by atoms with E-state index >= 15 is 0 Å². The standard InChI is InChI=1S/C17H16F3NO4/c1-15(2)11-7-8-16(15,13(23)12(11)22)14(24)21-9-3-5-10(6-4-9)25-17(18,19)20/h3-6,11H,7-8H2,1-2H3,(H,21,24)/t11-,16+/m1/s1. The fourth-order valence-corrected chi connectivity index (χ4v) is 4.06. The maximum Gasteiger partial charge on any atom is 0.573 e. The van der Waals surface area contributed by atoms with E-state index in [2.05, 4.69) is 10.1 Å². The molecule has 5 nitrogen and oxygen atoms in total. The van der Waals surface area contributed by atoms with Crippen LogP contribution < -0.4 is 10.1 Å². The zero-order chi connectivity index (χ0) is 18.6. The summed E-state index contributed by atoms with van der Waals surface area (Å²) in [5, 5.41) is 2.55. The highest BCUT2D eigenvalue weighted by Gasteiger charge is 2.72. The van der Waals surface area contributed by atoms with E-state index in [1.165, 1.54) is 12.1 Å². The fraction of sp³-hybridized carbons (Fsp3) is 0.471. The number of carbonyl (C=O) groups excluding carboxylic acids is 3. The molecule has 2 atom stereocenters. The van der Waals surface area contributed by atoms with Crippen molar-refractivity contribution in [1.29, 1.82) is 0 Å². The number of ketones is 2. The van der Waals surface area contributed by atoms with E-state index in [0.717, 1.165) is 12.1 Å². The lowest BCUT2D eigenvalue weighted by atomic mass is 9.68. The van der Waals surface area contributed by atoms with E-state index in [1.54, 1.807) is 13.8 Å². The first-order valence-corrected chi connectivity index (χ1v) is 7.75. The van der Waals surface area contributed by atoms with Crippen LogP contribution in [0.1, 0.15) is 26.7 Å². The average Bonchev–Trinajstić information content (AvgIpc) is 2.84. The van der Waals surface area contributed by atoms with Gasteiger partial charge in [0.1, 0.15) is 11.2 Å². The molecule has 1 N–H and O–H groups in total. The highest BCUT2D eigenvalue weighted by molar-refractivity contribution is 6.48. The highest BCUT2D eigenvalue weighted by atomic mass is 19.4. The third-order valence-corrected chi connectivity index (χ3v) is 5.44. The van der Waals surface area contributed by atoms with Gasteiger partial charge in [-0.25, -0.2) is 0 Å². The van der Waals surface area contributed by atoms with Crippen LogP contribution in [0.25, 0.3) is 0 Å². The summed E-state index contributed by atoms with van der Waals surface area (Å²) in [6, 6.07) is 4.61. The number of amides is 1. The lowest BCUT2D eigenvalue weighted by Crippen LogP contribution is -2.47. The van der Waals surface area contributed by atoms with Gasteiger partial charge in [-0.05, 0) is 42.5 Å². The second kappa shape index (κ2) is 5.31. The Hall–Kier alpha value is -2.38. The van der Waals surface area contributed by atoms with Gasteiger partial charge in [-0.2, -0.15) is 0 Å². The van der Waals surface area contributed by atoms with Crippen LogP contribution in [0.4, 0.5) is 18.9 Å². The third kappa shape index (κ3) is 2.51. The number of hydrogen-bond donors (Lipinski definition) is 1. The molecule has 25 heavy (non-hydrogen) atoms. The molecule has 0 aromatic heterocycles. The minimum absolute atomic E-state index is 0.222. The molecule has 1 aromatic rings. The van der Waals surface area contributed by atoms with Crippen molar-refractivity contribution in [3.05, 3.63) is 24.3 Å². The van der Waals surface area contributed by atoms with Gasteiger partial charge >= 0.3 is 6.36 Å². The number of benzene rings is 1. The van der Waals surface area contributed by atoms with Gasteiger partial charge in [0.05, 0.1) is 0 Å². The van der Waals surface area contributed by atoms with E-state index < -0.39 is 46.3 Å². The van der Waals surface area contributed by atoms with Crippen molar-refractivity contribution in [3.63, 3.8) is 0 Å². The van der Waals surface area contributed by atoms with Crippen LogP contribution in [-0.2, 0) is 14.4 Å². The number of hydrogen-bond acceptors (Lipinski definition) is 4. The van der Waals surface area contributed by atoms with Gasteiger partial charge < -0.3 is 10.1 Å². The maximum atomic E-state index is 12.8. The summed E-state index contributed by atoms with van der Waals surface area (Å²) in [5.41, 5.74) is -1.99. The van der Waals surface area contributed by atoms with Crippen LogP contribution in [0.3, 0.4) is 0 Å². The molecule has 134 valence electrons. The largest absolute Gasteiger partial charge is 0.573 e. The highest BCUT2D eigenvalue weighted by Crippen LogP contribution is 2.62. The van der Waals surface area contributed by atoms with Gasteiger partial charge in [0, 0.05) is 11.6 Å². The van der Waals surface area contributed by atoms with E-state index in [-0.39, 0.29) is 12.1 Å². The molecule has 2 saturated carbocycles. The van der Waals surface area contributed by atoms with Crippen LogP contribution in [-0.4, -0.2) is 23.8 Å². The molecule has 1 amide bonds. The van der Waals surface area contributed by atoms with E-state index in [4.69, 9.17) is 0 Å². The first-order valence-electron chi connectivity index (χ1n) is 7.75. The van der Waals surface area contributed by atoms with Crippen molar-refractivity contribution in [3.8, 4) is 5.75 Å². The Kier molecular flexibility index (Phi) is 3.70. The molecule has 2 fully saturated rings. The number of nitrogens with one attached hydrogen (secondary N) is 1. The Morgan fingerprint density at radius 2 is 1.80 bits per heavy atom. The number of Topliss-reactive ketones (excluding diaryl/α,β-unsaturated/α-hetero) is 2. The number of halogens is 3. The molecular formula is C17H16F3NO4. The molecule has 0 saturated heterocycles. The molecule has 0 unspecified atom stereocenters. The molecule has 2 bridgehead atoms. The summed E-state index contributed by atoms with van der Waals surface area (Å²) in [5.74, 6) is -2.67. The van der Waals surface area contributed by atoms with Gasteiger partial charge in [0.15, 0.2) is 0 Å². The number of rotatable bonds is 3. The molecule has 0 radical (unpaired) electrons. The van der Waals surface area contributed by atoms with Crippen molar-refractivity contribution >= 4 is 23.2 Å². The molecular weight excluding hydrogens is 339 g/mol. The molecule has 2 aliphatic carbocycles. The number of fused-ring (bicyclic) bond motifs is 2. The number of ether oxygens (including phenoxy) is 1. The van der Waals surface area contributed by atoms with Crippen molar-refractivity contribution < 1.29 is 32.3 Å². The maximum absolute atomic E-state index is 12.8. The van der Waals surface area contributed by atoms with Crippen LogP contribution >= 0.6 is 0 Å². The fourth-order valence-electron chi connectivity index (χ4n) is 4.06. The normalized spacial score (nSPS) is 27.5. The van der Waals surface area contributed by atoms with Crippen molar-refractivity contribution in [2.24, 2.45) is 16.7 Å². The lowest BCUT2D eigenvalue weighted by Gasteiger charge is -2.33. The second-order valence-corrected chi connectivity index (χ2v) is 6.94. The third-order valence-electron chi connectivity index (χ3n) is 5.44. The summed E-state index contributed by atoms with van der Waals surface area (Å²) >= 11 is 0. The van der Waals surface area contributed by atoms with Gasteiger partial charge in [0.2, 0.25) is 17.5 Å². The van der Waals surface area contributed by atoms with Crippen molar-refractivity contribution in [2.45, 2.75) is 33.1 Å². The lowest BCUT2D eigenvalue weighted by molar-refractivity contribution is -0.274. The second-order valence-electron chi connectivity index (χ2n) is 6.94. The summed E-state index contributed by atoms with van der Waals surface area (Å²) in [4.78, 5) is 37.2. The summed E-state index contributed by atoms with van der Waals surface area (Å²) in [7, 11) is 0. The van der Waals surface area contributed by atoms with Gasteiger partial charge in [-0.3, -0.25) is 14.4 Å². The first kappa shape index (κ1) is 17.4. The van der Waals surface area contributed by atoms with Crippen LogP contribution in [0.2, 0.25) is 0 Å². The Labute approximate surface area is 141 Å². The smallest absolute Gasteiger partial charge is 0.406 e. The summed E-state index contributed by atoms with van der Waals surface area (Å²) in [6.07, 6.45) is -4.04. The minimum atomic E-state index is -4.80. The molecule has 0 aliphatic heterocycles. The Balaban J connectivity index is 1.81. The van der Waals surface area contributed by atoms with Gasteiger partial charge in [-0.15, -0.1) is 13.2 Å². The topological polar surface area (TPSA) is 72.5 Å². The van der Waals surface area contributed by atoms with E-state index in [9.17, 15) is 27.6 Å². The number of alkyl halides is 3. The molecule has 8 heteroatoms. The monoisotopic (exact) mass is 355 g/mol. The molecule has 0 heterocycles. The minimum Gasteiger partial charge on any atom is -0.406 e. The number of anilines is 1. The van der Waals surface area contributed by atoms with E-state index in [1.807, 2.05) is 0 Å². The first-order chi connectivity index (χ1) is 11.5. The van der Waals surface area contributed by atoms with E-state index in [0.29, 0.717) is 6.42 Å². The van der Waals surface area contributed by atoms with Crippen molar-refractivity contribution in [1.82, 2.24) is 0 Å². The quantitative estimate of drug-likeness (QED) is 0.668. The molecule has 2 aliphatic rings. The molecule has 3 rings (SSSR count). The summed E-state index contributed by atoms with van der Waals surface area (Å²) in [6.45, 7) is 3.46. The zero-order valence-electron chi connectivity index (χ0n) is 13.6. The molecule has 1 aromatic carbocycles. The van der Waals surface area contributed by atoms with Crippen LogP contribution in [0.5, 0.6) is 5.75 Å². The zero-order valence-corrected chi connectivity index (χ0v) is 13.6. The van der Waals surface area contributed by atoms with Gasteiger partial charge in [0.25, 0.3) is 0 Å². The Morgan fingerprint density at radius 1 is 1.20 bits per heavy atom. The molecule has 0 spiro atoms. The van der Waals surface area contributed by atoms with Gasteiger partial charge in [-0.1, -0.05) is 13.8 Å². The predicted octanol–water partition coefficient (Wildman–Crippen LogP) is 3.10. The predicted molar refractivity (Wildman–Crippen MR) is 80.7 cm³/mol. The summed E-state index contributed by atoms with van der Waals surface area (Å²) < 4.78 is 40.2.